The number of nitrogen functional groups attached to an aromatic ring is 1. The molecule has 5 rings (SSSR count). The summed E-state index contributed by atoms with van der Waals surface area (Å²) in [7, 11) is 0. The van der Waals surface area contributed by atoms with Crippen LogP contribution in [-0.4, -0.2) is 87.6 Å². The minimum Gasteiger partial charge on any atom is -0.378 e. The molecule has 35 heavy (non-hydrogen) atoms. The molecular weight excluding hydrogens is 465 g/mol. The van der Waals surface area contributed by atoms with Crippen LogP contribution >= 0.6 is 0 Å². The molecule has 0 aliphatic carbocycles. The Labute approximate surface area is 199 Å². The topological polar surface area (TPSA) is 123 Å². The highest BCUT2D eigenvalue weighted by molar-refractivity contribution is 5.88. The van der Waals surface area contributed by atoms with Crippen LogP contribution in [0, 0.1) is 0 Å². The summed E-state index contributed by atoms with van der Waals surface area (Å²) in [5.74, 6) is 0.999. The number of morpholine rings is 1. The smallest absolute Gasteiger partial charge is 0.378 e. The summed E-state index contributed by atoms with van der Waals surface area (Å²) >= 11 is 0. The molecule has 2 aliphatic heterocycles. The number of nitrogens with zero attached hydrogens (tertiary/aromatic N) is 8. The highest BCUT2D eigenvalue weighted by Gasteiger charge is 2.34. The van der Waals surface area contributed by atoms with Crippen molar-refractivity contribution in [1.82, 2.24) is 34.8 Å². The van der Waals surface area contributed by atoms with Gasteiger partial charge in [-0.25, -0.2) is 24.9 Å². The molecule has 0 saturated carbocycles. The van der Waals surface area contributed by atoms with Crippen molar-refractivity contribution in [3.8, 4) is 11.4 Å². The Balaban J connectivity index is 1.71. The second-order valence-corrected chi connectivity index (χ2v) is 8.59. The van der Waals surface area contributed by atoms with E-state index in [0.717, 1.165) is 11.0 Å². The predicted molar refractivity (Wildman–Crippen MR) is 124 cm³/mol. The number of hydrogen-bond donors (Lipinski definition) is 2. The van der Waals surface area contributed by atoms with Crippen LogP contribution in [0.2, 0.25) is 0 Å². The van der Waals surface area contributed by atoms with Gasteiger partial charge in [0.05, 0.1) is 18.8 Å². The predicted octanol–water partition coefficient (Wildman–Crippen LogP) is 1.45. The molecule has 3 aromatic rings. The Morgan fingerprint density at radius 3 is 2.51 bits per heavy atom. The Hall–Kier alpha value is -3.26. The standard InChI is InChI=1S/C21H27F3N10O/c1-2-14-11-33(4-3-26-14)20-29-15-17(32-5-7-35-8-6-32)30-16(13-9-27-19(25)28-10-13)31-18(15)34(20)12-21(22,23)24/h9-10,14,26H,2-8,11-12H2,1H3,(H2,25,27,28)/t14-/m0/s1. The molecule has 11 nitrogen and oxygen atoms in total. The van der Waals surface area contributed by atoms with Gasteiger partial charge in [-0.3, -0.25) is 4.57 Å². The molecule has 5 heterocycles. The van der Waals surface area contributed by atoms with Crippen molar-refractivity contribution in [3.63, 3.8) is 0 Å². The van der Waals surface area contributed by atoms with Crippen LogP contribution in [0.3, 0.4) is 0 Å². The zero-order chi connectivity index (χ0) is 24.6. The SMILES string of the molecule is CC[C@H]1CN(c2nc3c(N4CCOCC4)nc(-c4cnc(N)nc4)nc3n2CC(F)(F)F)CCN1. The Bertz CT molecular complexity index is 1180. The summed E-state index contributed by atoms with van der Waals surface area (Å²) in [6.07, 6.45) is -0.689. The quantitative estimate of drug-likeness (QED) is 0.541. The molecule has 0 aromatic carbocycles. The fourth-order valence-electron chi connectivity index (χ4n) is 4.40. The number of halogens is 3. The minimum absolute atomic E-state index is 0.0804. The van der Waals surface area contributed by atoms with Crippen molar-refractivity contribution in [2.24, 2.45) is 0 Å². The zero-order valence-corrected chi connectivity index (χ0v) is 19.3. The fraction of sp³-hybridized carbons (Fsp3) is 0.571. The maximum absolute atomic E-state index is 13.8. The lowest BCUT2D eigenvalue weighted by Crippen LogP contribution is -2.51. The molecule has 188 valence electrons. The van der Waals surface area contributed by atoms with Crippen LogP contribution < -0.4 is 20.9 Å². The summed E-state index contributed by atoms with van der Waals surface area (Å²) < 4.78 is 47.9. The van der Waals surface area contributed by atoms with Gasteiger partial charge in [0, 0.05) is 51.2 Å². The normalized spacial score (nSPS) is 19.5. The molecule has 3 N–H and O–H groups in total. The van der Waals surface area contributed by atoms with Crippen molar-refractivity contribution in [2.45, 2.75) is 32.1 Å². The number of rotatable bonds is 5. The summed E-state index contributed by atoms with van der Waals surface area (Å²) in [5.41, 5.74) is 6.51. The number of imidazole rings is 1. The second-order valence-electron chi connectivity index (χ2n) is 8.59. The van der Waals surface area contributed by atoms with Crippen LogP contribution in [0.15, 0.2) is 12.4 Å². The summed E-state index contributed by atoms with van der Waals surface area (Å²) in [4.78, 5) is 25.8. The van der Waals surface area contributed by atoms with Gasteiger partial charge in [-0.15, -0.1) is 0 Å². The highest BCUT2D eigenvalue weighted by Crippen LogP contribution is 2.33. The molecule has 2 fully saturated rings. The lowest BCUT2D eigenvalue weighted by atomic mass is 10.2. The van der Waals surface area contributed by atoms with Gasteiger partial charge in [-0.2, -0.15) is 13.2 Å². The van der Waals surface area contributed by atoms with Crippen molar-refractivity contribution in [3.05, 3.63) is 12.4 Å². The molecule has 14 heteroatoms. The Morgan fingerprint density at radius 2 is 1.83 bits per heavy atom. The maximum Gasteiger partial charge on any atom is 0.406 e. The number of aromatic nitrogens is 6. The molecular formula is C21H27F3N10O. The molecule has 0 bridgehead atoms. The lowest BCUT2D eigenvalue weighted by molar-refractivity contribution is -0.139. The lowest BCUT2D eigenvalue weighted by Gasteiger charge is -2.34. The number of nitrogens with one attached hydrogen (secondary N) is 1. The summed E-state index contributed by atoms with van der Waals surface area (Å²) in [6.45, 7) is 4.63. The Kier molecular flexibility index (Phi) is 6.32. The van der Waals surface area contributed by atoms with Crippen molar-refractivity contribution in [1.29, 1.82) is 0 Å². The molecule has 2 saturated heterocycles. The van der Waals surface area contributed by atoms with Gasteiger partial charge in [0.25, 0.3) is 0 Å². The molecule has 0 spiro atoms. The molecule has 3 aromatic heterocycles. The first-order valence-electron chi connectivity index (χ1n) is 11.6. The van der Waals surface area contributed by atoms with Crippen LogP contribution in [0.4, 0.5) is 30.9 Å². The number of nitrogens with two attached hydrogens (primary N) is 1. The van der Waals surface area contributed by atoms with E-state index in [1.165, 1.54) is 12.4 Å². The Morgan fingerprint density at radius 1 is 1.09 bits per heavy atom. The van der Waals surface area contributed by atoms with E-state index in [-0.39, 0.29) is 29.4 Å². The first-order valence-corrected chi connectivity index (χ1v) is 11.6. The first-order chi connectivity index (χ1) is 16.8. The molecule has 2 aliphatic rings. The molecule has 0 amide bonds. The van der Waals surface area contributed by atoms with E-state index in [1.54, 1.807) is 0 Å². The van der Waals surface area contributed by atoms with Crippen molar-refractivity contribution in [2.75, 3.05) is 61.5 Å². The van der Waals surface area contributed by atoms with Crippen molar-refractivity contribution >= 4 is 28.9 Å². The van der Waals surface area contributed by atoms with Gasteiger partial charge >= 0.3 is 6.18 Å². The van der Waals surface area contributed by atoms with Crippen LogP contribution in [0.1, 0.15) is 13.3 Å². The highest BCUT2D eigenvalue weighted by atomic mass is 19.4. The summed E-state index contributed by atoms with van der Waals surface area (Å²) in [6, 6.07) is 0.162. The van der Waals surface area contributed by atoms with Gasteiger partial charge < -0.3 is 25.6 Å². The third-order valence-electron chi connectivity index (χ3n) is 6.17. The second kappa shape index (κ2) is 9.41. The van der Waals surface area contributed by atoms with E-state index in [9.17, 15) is 13.2 Å². The molecule has 1 atom stereocenters. The number of fused-ring (bicyclic) bond motifs is 1. The van der Waals surface area contributed by atoms with Gasteiger partial charge in [0.15, 0.2) is 22.8 Å². The number of ether oxygens (including phenoxy) is 1. The van der Waals surface area contributed by atoms with Gasteiger partial charge in [-0.1, -0.05) is 6.92 Å². The van der Waals surface area contributed by atoms with E-state index in [4.69, 9.17) is 20.4 Å². The third-order valence-corrected chi connectivity index (χ3v) is 6.17. The molecule has 0 radical (unpaired) electrons. The van der Waals surface area contributed by atoms with E-state index in [1.807, 2.05) is 16.7 Å². The minimum atomic E-state index is -4.46. The van der Waals surface area contributed by atoms with E-state index in [2.05, 4.69) is 20.3 Å². The largest absolute Gasteiger partial charge is 0.406 e. The van der Waals surface area contributed by atoms with Crippen LogP contribution in [0.5, 0.6) is 0 Å². The number of hydrogen-bond acceptors (Lipinski definition) is 10. The monoisotopic (exact) mass is 492 g/mol. The van der Waals surface area contributed by atoms with E-state index in [0.29, 0.717) is 62.8 Å². The average Bonchev–Trinajstić information content (AvgIpc) is 3.21. The average molecular weight is 493 g/mol. The maximum atomic E-state index is 13.8. The first kappa shape index (κ1) is 23.5. The zero-order valence-electron chi connectivity index (χ0n) is 19.3. The van der Waals surface area contributed by atoms with E-state index < -0.39 is 12.7 Å². The van der Waals surface area contributed by atoms with Crippen molar-refractivity contribution < 1.29 is 17.9 Å². The van der Waals surface area contributed by atoms with Crippen LogP contribution in [-0.2, 0) is 11.3 Å². The van der Waals surface area contributed by atoms with E-state index >= 15 is 0 Å². The van der Waals surface area contributed by atoms with Gasteiger partial charge in [-0.05, 0) is 6.42 Å². The third kappa shape index (κ3) is 4.93. The number of anilines is 3. The fourth-order valence-corrected chi connectivity index (χ4v) is 4.40. The van der Waals surface area contributed by atoms with Gasteiger partial charge in [0.2, 0.25) is 11.9 Å². The van der Waals surface area contributed by atoms with Gasteiger partial charge in [0.1, 0.15) is 6.54 Å². The number of piperazine rings is 1. The summed E-state index contributed by atoms with van der Waals surface area (Å²) in [5, 5.41) is 3.39. The number of alkyl halides is 3. The molecule has 0 unspecified atom stereocenters. The van der Waals surface area contributed by atoms with Crippen LogP contribution in [0.25, 0.3) is 22.6 Å².